The Kier molecular flexibility index (Phi) is 3.72. The molecule has 0 bridgehead atoms. The highest BCUT2D eigenvalue weighted by Gasteiger charge is 2.18. The van der Waals surface area contributed by atoms with Crippen molar-refractivity contribution in [2.75, 3.05) is 0 Å². The third-order valence-electron chi connectivity index (χ3n) is 2.62. The highest BCUT2D eigenvalue weighted by Crippen LogP contribution is 2.25. The van der Waals surface area contributed by atoms with Gasteiger partial charge in [0.2, 0.25) is 0 Å². The van der Waals surface area contributed by atoms with E-state index in [2.05, 4.69) is 9.97 Å². The van der Waals surface area contributed by atoms with Crippen LogP contribution in [0.3, 0.4) is 0 Å². The number of nitriles is 1. The number of hydrogen-bond donors (Lipinski definition) is 2. The molecule has 0 amide bonds. The van der Waals surface area contributed by atoms with E-state index < -0.39 is 12.2 Å². The number of aromatic nitrogens is 2. The Morgan fingerprint density at radius 2 is 2.11 bits per heavy atom. The number of halogens is 1. The van der Waals surface area contributed by atoms with Gasteiger partial charge in [0.1, 0.15) is 17.6 Å². The molecule has 0 aliphatic carbocycles. The minimum Gasteiger partial charge on any atom is -0.389 e. The van der Waals surface area contributed by atoms with Gasteiger partial charge in [-0.25, -0.2) is 9.97 Å². The highest BCUT2D eigenvalue weighted by molar-refractivity contribution is 6.34. The van der Waals surface area contributed by atoms with Crippen molar-refractivity contribution in [3.8, 4) is 6.07 Å². The van der Waals surface area contributed by atoms with Crippen LogP contribution in [0.2, 0.25) is 5.15 Å². The van der Waals surface area contributed by atoms with Crippen LogP contribution in [0, 0.1) is 11.3 Å². The van der Waals surface area contributed by atoms with Gasteiger partial charge in [-0.3, -0.25) is 0 Å². The van der Waals surface area contributed by atoms with Crippen molar-refractivity contribution in [1.82, 2.24) is 9.97 Å². The molecule has 5 nitrogen and oxygen atoms in total. The van der Waals surface area contributed by atoms with Crippen LogP contribution >= 0.6 is 11.6 Å². The second-order valence-electron chi connectivity index (χ2n) is 3.82. The minimum absolute atomic E-state index is 0.141. The molecule has 6 heteroatoms. The van der Waals surface area contributed by atoms with Crippen LogP contribution in [0.15, 0.2) is 24.5 Å². The van der Waals surface area contributed by atoms with E-state index in [1.165, 1.54) is 6.33 Å². The fourth-order valence-electron chi connectivity index (χ4n) is 1.65. The number of benzene rings is 1. The summed E-state index contributed by atoms with van der Waals surface area (Å²) in [4.78, 5) is 7.88. The summed E-state index contributed by atoms with van der Waals surface area (Å²) in [6, 6.07) is 6.74. The quantitative estimate of drug-likeness (QED) is 0.821. The van der Waals surface area contributed by atoms with Crippen LogP contribution in [-0.4, -0.2) is 26.3 Å². The first-order valence-corrected chi connectivity index (χ1v) is 5.64. The summed E-state index contributed by atoms with van der Waals surface area (Å²) in [5.41, 5.74) is 1.13. The third kappa shape index (κ3) is 2.41. The number of hydrogen-bond acceptors (Lipinski definition) is 5. The van der Waals surface area contributed by atoms with Gasteiger partial charge < -0.3 is 10.2 Å². The van der Waals surface area contributed by atoms with Gasteiger partial charge in [-0.15, -0.1) is 0 Å². The smallest absolute Gasteiger partial charge is 0.140 e. The molecule has 0 spiro atoms. The maximum Gasteiger partial charge on any atom is 0.140 e. The van der Waals surface area contributed by atoms with E-state index in [-0.39, 0.29) is 11.6 Å². The largest absolute Gasteiger partial charge is 0.389 e. The molecular weight excluding hydrogens is 254 g/mol. The van der Waals surface area contributed by atoms with E-state index in [0.29, 0.717) is 16.5 Å². The number of fused-ring (bicyclic) bond motifs is 1. The average molecular weight is 264 g/mol. The lowest BCUT2D eigenvalue weighted by molar-refractivity contribution is 0.0217. The molecule has 18 heavy (non-hydrogen) atoms. The van der Waals surface area contributed by atoms with Crippen LogP contribution in [0.4, 0.5) is 0 Å². The van der Waals surface area contributed by atoms with Crippen molar-refractivity contribution in [3.63, 3.8) is 0 Å². The monoisotopic (exact) mass is 263 g/mol. The maximum atomic E-state index is 9.89. The predicted octanol–water partition coefficient (Wildman–Crippen LogP) is 1.59. The second kappa shape index (κ2) is 5.27. The highest BCUT2D eigenvalue weighted by atomic mass is 35.5. The van der Waals surface area contributed by atoms with Crippen LogP contribution in [0.25, 0.3) is 10.9 Å². The fraction of sp³-hybridized carbons (Fsp3) is 0.250. The first-order chi connectivity index (χ1) is 8.63. The normalized spacial score (nSPS) is 14.1. The molecule has 0 saturated heterocycles. The van der Waals surface area contributed by atoms with Crippen LogP contribution in [0.5, 0.6) is 0 Å². The lowest BCUT2D eigenvalue weighted by Gasteiger charge is -2.16. The predicted molar refractivity (Wildman–Crippen MR) is 65.7 cm³/mol. The van der Waals surface area contributed by atoms with E-state index in [4.69, 9.17) is 16.9 Å². The fourth-order valence-corrected chi connectivity index (χ4v) is 1.85. The van der Waals surface area contributed by atoms with Crippen LogP contribution in [-0.2, 0) is 0 Å². The topological polar surface area (TPSA) is 90.0 Å². The first kappa shape index (κ1) is 12.7. The Bertz CT molecular complexity index is 612. The van der Waals surface area contributed by atoms with Gasteiger partial charge in [0, 0.05) is 5.39 Å². The second-order valence-corrected chi connectivity index (χ2v) is 4.17. The molecule has 1 aromatic heterocycles. The molecule has 2 rings (SSSR count). The number of aliphatic hydroxyl groups excluding tert-OH is 2. The number of nitrogens with zero attached hydrogens (tertiary/aromatic N) is 3. The van der Waals surface area contributed by atoms with Gasteiger partial charge in [0.15, 0.2) is 0 Å². The van der Waals surface area contributed by atoms with Crippen molar-refractivity contribution < 1.29 is 10.2 Å². The van der Waals surface area contributed by atoms with E-state index in [1.807, 2.05) is 0 Å². The lowest BCUT2D eigenvalue weighted by atomic mass is 10.0. The average Bonchev–Trinajstić information content (AvgIpc) is 2.38. The lowest BCUT2D eigenvalue weighted by Crippen LogP contribution is -2.17. The molecule has 2 atom stereocenters. The molecule has 0 radical (unpaired) electrons. The van der Waals surface area contributed by atoms with Gasteiger partial charge in [0.05, 0.1) is 24.1 Å². The van der Waals surface area contributed by atoms with Crippen LogP contribution < -0.4 is 0 Å². The van der Waals surface area contributed by atoms with Crippen molar-refractivity contribution >= 4 is 22.5 Å². The molecule has 2 unspecified atom stereocenters. The molecule has 1 aromatic carbocycles. The Balaban J connectivity index is 2.41. The van der Waals surface area contributed by atoms with Crippen molar-refractivity contribution in [2.24, 2.45) is 0 Å². The van der Waals surface area contributed by atoms with Crippen molar-refractivity contribution in [2.45, 2.75) is 18.6 Å². The van der Waals surface area contributed by atoms with Crippen molar-refractivity contribution in [1.29, 1.82) is 5.26 Å². The summed E-state index contributed by atoms with van der Waals surface area (Å²) in [5, 5.41) is 28.8. The van der Waals surface area contributed by atoms with Crippen LogP contribution in [0.1, 0.15) is 18.1 Å². The summed E-state index contributed by atoms with van der Waals surface area (Å²) in [5.74, 6) is 0. The Hall–Kier alpha value is -1.74. The molecule has 1 heterocycles. The zero-order chi connectivity index (χ0) is 13.1. The summed E-state index contributed by atoms with van der Waals surface area (Å²) in [6.45, 7) is 0. The van der Waals surface area contributed by atoms with Gasteiger partial charge in [-0.1, -0.05) is 17.7 Å². The molecule has 0 aliphatic heterocycles. The molecule has 2 aromatic rings. The van der Waals surface area contributed by atoms with E-state index in [9.17, 15) is 10.2 Å². The molecule has 0 saturated carbocycles. The minimum atomic E-state index is -1.13. The summed E-state index contributed by atoms with van der Waals surface area (Å²) >= 11 is 5.93. The standard InChI is InChI=1S/C12H10ClN3O2/c13-12-8-5-7(11(18)10(17)3-4-14)1-2-9(8)15-6-16-12/h1-2,5-6,10-11,17-18H,3H2. The summed E-state index contributed by atoms with van der Waals surface area (Å²) in [6.07, 6.45) is -1.05. The molecule has 2 N–H and O–H groups in total. The van der Waals surface area contributed by atoms with Gasteiger partial charge in [-0.05, 0) is 17.7 Å². The zero-order valence-corrected chi connectivity index (χ0v) is 10.0. The van der Waals surface area contributed by atoms with Crippen molar-refractivity contribution in [3.05, 3.63) is 35.2 Å². The van der Waals surface area contributed by atoms with E-state index in [0.717, 1.165) is 0 Å². The van der Waals surface area contributed by atoms with Gasteiger partial charge in [-0.2, -0.15) is 5.26 Å². The van der Waals surface area contributed by atoms with Gasteiger partial charge in [0.25, 0.3) is 0 Å². The molecule has 92 valence electrons. The Morgan fingerprint density at radius 3 is 2.83 bits per heavy atom. The summed E-state index contributed by atoms with van der Waals surface area (Å²) in [7, 11) is 0. The zero-order valence-electron chi connectivity index (χ0n) is 9.29. The number of aliphatic hydroxyl groups is 2. The van der Waals surface area contributed by atoms with Gasteiger partial charge >= 0.3 is 0 Å². The van der Waals surface area contributed by atoms with E-state index in [1.54, 1.807) is 24.3 Å². The third-order valence-corrected chi connectivity index (χ3v) is 2.92. The molecule has 0 fully saturated rings. The molecule has 0 aliphatic rings. The van der Waals surface area contributed by atoms with E-state index >= 15 is 0 Å². The Labute approximate surface area is 108 Å². The first-order valence-electron chi connectivity index (χ1n) is 5.26. The maximum absolute atomic E-state index is 9.89. The SMILES string of the molecule is N#CCC(O)C(O)c1ccc2ncnc(Cl)c2c1. The Morgan fingerprint density at radius 1 is 1.33 bits per heavy atom. The number of rotatable bonds is 3. The molecular formula is C12H10ClN3O2. The summed E-state index contributed by atoms with van der Waals surface area (Å²) < 4.78 is 0.